The largest absolute Gasteiger partial charge is 0.433 e. The van der Waals surface area contributed by atoms with Crippen molar-refractivity contribution in [2.75, 3.05) is 24.5 Å². The molecule has 2 aliphatic heterocycles. The number of aromatic nitrogens is 5. The summed E-state index contributed by atoms with van der Waals surface area (Å²) in [6, 6.07) is 1.91. The van der Waals surface area contributed by atoms with Gasteiger partial charge in [0.05, 0.1) is 18.4 Å². The molecule has 5 heterocycles. The van der Waals surface area contributed by atoms with Crippen molar-refractivity contribution in [1.29, 1.82) is 0 Å². The van der Waals surface area contributed by atoms with E-state index in [2.05, 4.69) is 20.1 Å². The van der Waals surface area contributed by atoms with Crippen LogP contribution in [0.2, 0.25) is 0 Å². The number of likely N-dealkylation sites (tertiary alicyclic amines) is 1. The van der Waals surface area contributed by atoms with Gasteiger partial charge in [-0.05, 0) is 31.4 Å². The minimum absolute atomic E-state index is 0.0343. The van der Waals surface area contributed by atoms with Crippen molar-refractivity contribution in [2.45, 2.75) is 51.4 Å². The highest BCUT2D eigenvalue weighted by molar-refractivity contribution is 5.80. The molecule has 0 radical (unpaired) electrons. The van der Waals surface area contributed by atoms with E-state index in [1.807, 2.05) is 4.90 Å². The van der Waals surface area contributed by atoms with Crippen LogP contribution in [0.1, 0.15) is 43.5 Å². The third kappa shape index (κ3) is 4.58. The second-order valence-corrected chi connectivity index (χ2v) is 9.49. The molecular formula is C23H24F5N7O. The standard InChI is InChI=1S/C23H24F5N7O/c1-14(15-2-3-17(30-9-15)23(26,27)28)34-13-22(8-20(34)36)4-6-33(7-5-22)19-11-29-16-10-31-35(12-18(24)25)21(16)32-19/h2-3,9-11,14,18H,4-8,12-13H2,1H3. The van der Waals surface area contributed by atoms with Crippen molar-refractivity contribution in [2.24, 2.45) is 5.41 Å². The number of amides is 1. The van der Waals surface area contributed by atoms with E-state index in [4.69, 9.17) is 0 Å². The second kappa shape index (κ2) is 8.93. The van der Waals surface area contributed by atoms with Crippen LogP contribution in [0.25, 0.3) is 11.2 Å². The molecule has 0 N–H and O–H groups in total. The first-order chi connectivity index (χ1) is 17.0. The zero-order chi connectivity index (χ0) is 25.7. The van der Waals surface area contributed by atoms with Crippen molar-refractivity contribution in [1.82, 2.24) is 29.6 Å². The Morgan fingerprint density at radius 3 is 2.47 bits per heavy atom. The van der Waals surface area contributed by atoms with Crippen LogP contribution in [0.4, 0.5) is 27.8 Å². The normalized spacial score (nSPS) is 19.1. The van der Waals surface area contributed by atoms with Gasteiger partial charge in [0.25, 0.3) is 6.43 Å². The predicted octanol–water partition coefficient (Wildman–Crippen LogP) is 4.09. The molecule has 1 atom stereocenters. The summed E-state index contributed by atoms with van der Waals surface area (Å²) in [5, 5.41) is 3.94. The molecule has 0 aliphatic carbocycles. The van der Waals surface area contributed by atoms with E-state index in [1.54, 1.807) is 18.0 Å². The average molecular weight is 509 g/mol. The summed E-state index contributed by atoms with van der Waals surface area (Å²) < 4.78 is 65.3. The lowest BCUT2D eigenvalue weighted by atomic mass is 9.77. The summed E-state index contributed by atoms with van der Waals surface area (Å²) in [7, 11) is 0. The molecule has 1 unspecified atom stereocenters. The van der Waals surface area contributed by atoms with E-state index in [0.717, 1.165) is 10.7 Å². The van der Waals surface area contributed by atoms with Crippen LogP contribution in [0.15, 0.2) is 30.7 Å². The summed E-state index contributed by atoms with van der Waals surface area (Å²) in [5.41, 5.74) is 0.0882. The number of anilines is 1. The Hall–Kier alpha value is -3.38. The molecule has 2 saturated heterocycles. The Morgan fingerprint density at radius 1 is 1.08 bits per heavy atom. The van der Waals surface area contributed by atoms with Crippen LogP contribution in [-0.2, 0) is 17.5 Å². The first kappa shape index (κ1) is 24.3. The molecule has 1 spiro atoms. The average Bonchev–Trinajstić information content (AvgIpc) is 3.38. The third-order valence-electron chi connectivity index (χ3n) is 7.17. The molecule has 5 rings (SSSR count). The van der Waals surface area contributed by atoms with Crippen molar-refractivity contribution in [3.63, 3.8) is 0 Å². The molecular weight excluding hydrogens is 485 g/mol. The molecule has 0 saturated carbocycles. The number of alkyl halides is 5. The van der Waals surface area contributed by atoms with Gasteiger partial charge in [0.15, 0.2) is 5.65 Å². The summed E-state index contributed by atoms with van der Waals surface area (Å²) in [6.45, 7) is 2.97. The number of nitrogens with zero attached hydrogens (tertiary/aromatic N) is 7. The Labute approximate surface area is 203 Å². The van der Waals surface area contributed by atoms with Crippen molar-refractivity contribution < 1.29 is 26.7 Å². The van der Waals surface area contributed by atoms with Gasteiger partial charge in [-0.1, -0.05) is 6.07 Å². The van der Waals surface area contributed by atoms with E-state index >= 15 is 0 Å². The lowest BCUT2D eigenvalue weighted by Crippen LogP contribution is -2.42. The second-order valence-electron chi connectivity index (χ2n) is 9.49. The van der Waals surface area contributed by atoms with Gasteiger partial charge in [-0.15, -0.1) is 0 Å². The van der Waals surface area contributed by atoms with Gasteiger partial charge < -0.3 is 9.80 Å². The third-order valence-corrected chi connectivity index (χ3v) is 7.17. The molecule has 1 amide bonds. The van der Waals surface area contributed by atoms with Crippen LogP contribution in [0.3, 0.4) is 0 Å². The van der Waals surface area contributed by atoms with Gasteiger partial charge in [0.1, 0.15) is 23.6 Å². The van der Waals surface area contributed by atoms with E-state index in [1.165, 1.54) is 18.5 Å². The molecule has 2 aliphatic rings. The topological polar surface area (TPSA) is 80.0 Å². The van der Waals surface area contributed by atoms with E-state index in [0.29, 0.717) is 61.4 Å². The SMILES string of the molecule is CC(c1ccc(C(F)(F)F)nc1)N1CC2(CCN(c3cnc4cnn(CC(F)F)c4n3)CC2)CC1=O. The quantitative estimate of drug-likeness (QED) is 0.483. The summed E-state index contributed by atoms with van der Waals surface area (Å²) in [4.78, 5) is 29.0. The zero-order valence-corrected chi connectivity index (χ0v) is 19.4. The fraction of sp³-hybridized carbons (Fsp3) is 0.522. The van der Waals surface area contributed by atoms with Crippen LogP contribution in [0, 0.1) is 5.41 Å². The van der Waals surface area contributed by atoms with E-state index in [9.17, 15) is 26.7 Å². The predicted molar refractivity (Wildman–Crippen MR) is 119 cm³/mol. The highest BCUT2D eigenvalue weighted by atomic mass is 19.4. The molecule has 0 aromatic carbocycles. The molecule has 192 valence electrons. The molecule has 3 aromatic heterocycles. The van der Waals surface area contributed by atoms with Crippen molar-refractivity contribution >= 4 is 22.9 Å². The fourth-order valence-electron chi connectivity index (χ4n) is 5.08. The van der Waals surface area contributed by atoms with Gasteiger partial charge in [0, 0.05) is 37.7 Å². The Balaban J connectivity index is 1.26. The molecule has 36 heavy (non-hydrogen) atoms. The minimum Gasteiger partial charge on any atom is -0.355 e. The molecule has 3 aromatic rings. The monoisotopic (exact) mass is 509 g/mol. The highest BCUT2D eigenvalue weighted by Crippen LogP contribution is 2.44. The lowest BCUT2D eigenvalue weighted by molar-refractivity contribution is -0.141. The Bertz CT molecular complexity index is 1250. The van der Waals surface area contributed by atoms with Gasteiger partial charge in [-0.25, -0.2) is 23.4 Å². The molecule has 0 bridgehead atoms. The lowest BCUT2D eigenvalue weighted by Gasteiger charge is -2.39. The number of carbonyl (C=O) groups is 1. The minimum atomic E-state index is -4.51. The van der Waals surface area contributed by atoms with E-state index < -0.39 is 30.9 Å². The smallest absolute Gasteiger partial charge is 0.355 e. The van der Waals surface area contributed by atoms with Crippen molar-refractivity contribution in [3.05, 3.63) is 42.0 Å². The van der Waals surface area contributed by atoms with Crippen LogP contribution < -0.4 is 4.90 Å². The summed E-state index contributed by atoms with van der Waals surface area (Å²) in [6.07, 6.45) is -1.09. The van der Waals surface area contributed by atoms with E-state index in [-0.39, 0.29) is 11.3 Å². The van der Waals surface area contributed by atoms with Crippen LogP contribution in [-0.4, -0.2) is 61.6 Å². The summed E-state index contributed by atoms with van der Waals surface area (Å²) in [5.74, 6) is 0.534. The number of carbonyl (C=O) groups excluding carboxylic acids is 1. The first-order valence-electron chi connectivity index (χ1n) is 11.6. The maximum atomic E-state index is 12.9. The van der Waals surface area contributed by atoms with Crippen molar-refractivity contribution in [3.8, 4) is 0 Å². The van der Waals surface area contributed by atoms with Crippen LogP contribution >= 0.6 is 0 Å². The number of halogens is 5. The molecule has 8 nitrogen and oxygen atoms in total. The Kier molecular flexibility index (Phi) is 6.03. The number of hydrogen-bond acceptors (Lipinski definition) is 6. The Morgan fingerprint density at radius 2 is 1.83 bits per heavy atom. The number of piperidine rings is 1. The number of hydrogen-bond donors (Lipinski definition) is 0. The number of fused-ring (bicyclic) bond motifs is 1. The maximum Gasteiger partial charge on any atom is 0.433 e. The highest BCUT2D eigenvalue weighted by Gasteiger charge is 2.46. The van der Waals surface area contributed by atoms with Crippen LogP contribution in [0.5, 0.6) is 0 Å². The van der Waals surface area contributed by atoms with Gasteiger partial charge in [-0.2, -0.15) is 18.3 Å². The first-order valence-corrected chi connectivity index (χ1v) is 11.6. The zero-order valence-electron chi connectivity index (χ0n) is 19.4. The van der Waals surface area contributed by atoms with Gasteiger partial charge in [-0.3, -0.25) is 9.78 Å². The molecule has 13 heteroatoms. The number of pyridine rings is 1. The maximum absolute atomic E-state index is 12.9. The molecule has 2 fully saturated rings. The van der Waals surface area contributed by atoms with Gasteiger partial charge >= 0.3 is 6.18 Å². The summed E-state index contributed by atoms with van der Waals surface area (Å²) >= 11 is 0. The number of rotatable bonds is 5. The van der Waals surface area contributed by atoms with Gasteiger partial charge in [0.2, 0.25) is 5.91 Å². The fourth-order valence-corrected chi connectivity index (χ4v) is 5.08.